The van der Waals surface area contributed by atoms with Gasteiger partial charge in [-0.25, -0.2) is 0 Å². The number of hydrogen-bond acceptors (Lipinski definition) is 5. The summed E-state index contributed by atoms with van der Waals surface area (Å²) in [6, 6.07) is 6.01. The summed E-state index contributed by atoms with van der Waals surface area (Å²) in [4.78, 5) is 11.5. The summed E-state index contributed by atoms with van der Waals surface area (Å²) in [6.07, 6.45) is 3.51. The van der Waals surface area contributed by atoms with Crippen LogP contribution < -0.4 is 11.1 Å². The van der Waals surface area contributed by atoms with Gasteiger partial charge in [0.05, 0.1) is 0 Å². The van der Waals surface area contributed by atoms with Gasteiger partial charge in [-0.05, 0) is 69.2 Å². The first-order valence-corrected chi connectivity index (χ1v) is 9.46. The molecule has 1 aromatic carbocycles. The number of nitrogens with two attached hydrogens (primary N) is 1. The van der Waals surface area contributed by atoms with E-state index in [2.05, 4.69) is 5.32 Å². The highest BCUT2D eigenvalue weighted by molar-refractivity contribution is 6.40. The standard InChI is InChI=1S/C18H30BClN2O4/c1-14-5-6-15(16(20)13-14)7-12-22-11-4-9-18(21,17(23)24)8-2-3-10-19(25)26/h5-6,13,22,25-26H,2-4,7-12,21H2,1H3,(H,23,24). The normalized spacial score (nSPS) is 13.4. The highest BCUT2D eigenvalue weighted by Gasteiger charge is 2.32. The number of aryl methyl sites for hydroxylation is 1. The number of carboxylic acid groups (broad SMARTS) is 1. The lowest BCUT2D eigenvalue weighted by molar-refractivity contribution is -0.144. The number of halogens is 1. The summed E-state index contributed by atoms with van der Waals surface area (Å²) in [5.41, 5.74) is 6.99. The second-order valence-corrected chi connectivity index (χ2v) is 7.29. The van der Waals surface area contributed by atoms with E-state index in [0.29, 0.717) is 38.6 Å². The van der Waals surface area contributed by atoms with Crippen LogP contribution in [0, 0.1) is 6.92 Å². The molecular weight excluding hydrogens is 354 g/mol. The number of nitrogens with one attached hydrogen (secondary N) is 1. The fraction of sp³-hybridized carbons (Fsp3) is 0.611. The minimum atomic E-state index is -1.35. The predicted molar refractivity (Wildman–Crippen MR) is 105 cm³/mol. The van der Waals surface area contributed by atoms with E-state index in [4.69, 9.17) is 27.4 Å². The molecule has 0 spiro atoms. The molecular formula is C18H30BClN2O4. The van der Waals surface area contributed by atoms with E-state index in [1.807, 2.05) is 25.1 Å². The molecule has 0 fully saturated rings. The molecule has 0 amide bonds. The fourth-order valence-corrected chi connectivity index (χ4v) is 3.17. The first-order valence-electron chi connectivity index (χ1n) is 9.09. The van der Waals surface area contributed by atoms with Crippen LogP contribution in [0.5, 0.6) is 0 Å². The van der Waals surface area contributed by atoms with E-state index in [1.165, 1.54) is 0 Å². The summed E-state index contributed by atoms with van der Waals surface area (Å²) in [5, 5.41) is 31.1. The van der Waals surface area contributed by atoms with Crippen molar-refractivity contribution in [2.24, 2.45) is 5.73 Å². The Hall–Kier alpha value is -1.12. The Morgan fingerprint density at radius 1 is 1.23 bits per heavy atom. The molecule has 0 aliphatic rings. The summed E-state index contributed by atoms with van der Waals surface area (Å²) >= 11 is 6.20. The molecule has 6 N–H and O–H groups in total. The van der Waals surface area contributed by atoms with Crippen molar-refractivity contribution in [3.63, 3.8) is 0 Å². The van der Waals surface area contributed by atoms with Crippen LogP contribution in [-0.4, -0.2) is 46.9 Å². The smallest absolute Gasteiger partial charge is 0.451 e. The molecule has 0 heterocycles. The van der Waals surface area contributed by atoms with Crippen molar-refractivity contribution in [2.45, 2.75) is 57.3 Å². The summed E-state index contributed by atoms with van der Waals surface area (Å²) in [5.74, 6) is -1.01. The van der Waals surface area contributed by atoms with E-state index < -0.39 is 18.6 Å². The molecule has 1 unspecified atom stereocenters. The first kappa shape index (κ1) is 22.9. The Labute approximate surface area is 160 Å². The number of carbonyl (C=O) groups is 1. The van der Waals surface area contributed by atoms with Gasteiger partial charge in [0, 0.05) is 5.02 Å². The van der Waals surface area contributed by atoms with Crippen molar-refractivity contribution in [1.82, 2.24) is 5.32 Å². The van der Waals surface area contributed by atoms with Crippen molar-refractivity contribution in [1.29, 1.82) is 0 Å². The van der Waals surface area contributed by atoms with E-state index in [1.54, 1.807) is 0 Å². The van der Waals surface area contributed by atoms with Crippen molar-refractivity contribution in [2.75, 3.05) is 13.1 Å². The third-order valence-corrected chi connectivity index (χ3v) is 4.87. The van der Waals surface area contributed by atoms with Crippen LogP contribution in [0.2, 0.25) is 11.3 Å². The molecule has 0 aromatic heterocycles. The molecule has 26 heavy (non-hydrogen) atoms. The molecule has 146 valence electrons. The molecule has 1 atom stereocenters. The Balaban J connectivity index is 2.26. The van der Waals surface area contributed by atoms with Crippen LogP contribution in [0.1, 0.15) is 43.2 Å². The lowest BCUT2D eigenvalue weighted by atomic mass is 9.81. The van der Waals surface area contributed by atoms with Crippen LogP contribution in [0.3, 0.4) is 0 Å². The van der Waals surface area contributed by atoms with Crippen molar-refractivity contribution in [3.8, 4) is 0 Å². The van der Waals surface area contributed by atoms with Gasteiger partial charge >= 0.3 is 13.1 Å². The van der Waals surface area contributed by atoms with Gasteiger partial charge in [-0.1, -0.05) is 36.6 Å². The molecule has 6 nitrogen and oxygen atoms in total. The third kappa shape index (κ3) is 8.51. The molecule has 0 bridgehead atoms. The number of hydrogen-bond donors (Lipinski definition) is 5. The summed E-state index contributed by atoms with van der Waals surface area (Å²) in [7, 11) is -1.35. The molecule has 0 radical (unpaired) electrons. The molecule has 0 saturated carbocycles. The monoisotopic (exact) mass is 384 g/mol. The van der Waals surface area contributed by atoms with E-state index in [0.717, 1.165) is 29.1 Å². The van der Waals surface area contributed by atoms with Gasteiger partial charge in [-0.2, -0.15) is 0 Å². The summed E-state index contributed by atoms with van der Waals surface area (Å²) < 4.78 is 0. The van der Waals surface area contributed by atoms with E-state index in [9.17, 15) is 9.90 Å². The number of carboxylic acids is 1. The second-order valence-electron chi connectivity index (χ2n) is 6.89. The van der Waals surface area contributed by atoms with Crippen LogP contribution >= 0.6 is 11.6 Å². The van der Waals surface area contributed by atoms with Crippen LogP contribution in [0.4, 0.5) is 0 Å². The zero-order chi connectivity index (χ0) is 19.6. The minimum absolute atomic E-state index is 0.235. The number of benzene rings is 1. The predicted octanol–water partition coefficient (Wildman–Crippen LogP) is 1.99. The number of rotatable bonds is 13. The maximum absolute atomic E-state index is 11.5. The molecule has 0 aliphatic carbocycles. The van der Waals surface area contributed by atoms with Gasteiger partial charge in [0.2, 0.25) is 0 Å². The van der Waals surface area contributed by atoms with Gasteiger partial charge in [0.1, 0.15) is 5.54 Å². The zero-order valence-corrected chi connectivity index (χ0v) is 16.1. The van der Waals surface area contributed by atoms with Crippen molar-refractivity contribution in [3.05, 3.63) is 34.3 Å². The third-order valence-electron chi connectivity index (χ3n) is 4.52. The SMILES string of the molecule is Cc1ccc(CCNCCCC(N)(CCCCB(O)O)C(=O)O)c(Cl)c1. The highest BCUT2D eigenvalue weighted by Crippen LogP contribution is 2.20. The van der Waals surface area contributed by atoms with Crippen LogP contribution in [0.25, 0.3) is 0 Å². The minimum Gasteiger partial charge on any atom is -0.480 e. The zero-order valence-electron chi connectivity index (χ0n) is 15.4. The topological polar surface area (TPSA) is 116 Å². The molecule has 8 heteroatoms. The van der Waals surface area contributed by atoms with E-state index >= 15 is 0 Å². The fourth-order valence-electron chi connectivity index (χ4n) is 2.84. The average Bonchev–Trinajstić information content (AvgIpc) is 2.56. The second kappa shape index (κ2) is 11.6. The Morgan fingerprint density at radius 3 is 2.54 bits per heavy atom. The Kier molecular flexibility index (Phi) is 10.2. The van der Waals surface area contributed by atoms with Crippen LogP contribution in [0.15, 0.2) is 18.2 Å². The lowest BCUT2D eigenvalue weighted by Crippen LogP contribution is -2.48. The number of unbranched alkanes of at least 4 members (excludes halogenated alkanes) is 1. The lowest BCUT2D eigenvalue weighted by Gasteiger charge is -2.24. The van der Waals surface area contributed by atoms with E-state index in [-0.39, 0.29) is 6.32 Å². The maximum Gasteiger partial charge on any atom is 0.451 e. The molecule has 1 aromatic rings. The van der Waals surface area contributed by atoms with Gasteiger partial charge in [0.25, 0.3) is 0 Å². The molecule has 0 aliphatic heterocycles. The molecule has 1 rings (SSSR count). The quantitative estimate of drug-likeness (QED) is 0.262. The van der Waals surface area contributed by atoms with Gasteiger partial charge in [-0.15, -0.1) is 0 Å². The van der Waals surface area contributed by atoms with Gasteiger partial charge < -0.3 is 26.2 Å². The Bertz CT molecular complexity index is 574. The highest BCUT2D eigenvalue weighted by atomic mass is 35.5. The van der Waals surface area contributed by atoms with Gasteiger partial charge in [0.15, 0.2) is 0 Å². The maximum atomic E-state index is 11.5. The molecule has 0 saturated heterocycles. The van der Waals surface area contributed by atoms with Crippen molar-refractivity contribution >= 4 is 24.7 Å². The largest absolute Gasteiger partial charge is 0.480 e. The Morgan fingerprint density at radius 2 is 1.92 bits per heavy atom. The number of aliphatic carboxylic acids is 1. The first-order chi connectivity index (χ1) is 12.2. The van der Waals surface area contributed by atoms with Crippen LogP contribution in [-0.2, 0) is 11.2 Å². The van der Waals surface area contributed by atoms with Crippen molar-refractivity contribution < 1.29 is 19.9 Å². The summed E-state index contributed by atoms with van der Waals surface area (Å²) in [6.45, 7) is 3.45. The van der Waals surface area contributed by atoms with Gasteiger partial charge in [-0.3, -0.25) is 4.79 Å². The average molecular weight is 385 g/mol.